The molecule has 1 aliphatic rings. The number of esters is 1. The van der Waals surface area contributed by atoms with E-state index in [0.29, 0.717) is 45.6 Å². The molecule has 1 amide bonds. The Kier molecular flexibility index (Phi) is 5.99. The van der Waals surface area contributed by atoms with Crippen molar-refractivity contribution < 1.29 is 23.8 Å². The Morgan fingerprint density at radius 1 is 1.17 bits per heavy atom. The topological polar surface area (TPSA) is 79.1 Å². The first kappa shape index (κ1) is 20.7. The molecular formula is C20H16Cl2N2O5S. The van der Waals surface area contributed by atoms with E-state index < -0.39 is 11.9 Å². The van der Waals surface area contributed by atoms with E-state index in [9.17, 15) is 9.59 Å². The summed E-state index contributed by atoms with van der Waals surface area (Å²) in [5.74, 6) is 0.117. The molecule has 7 nitrogen and oxygen atoms in total. The molecule has 4 rings (SSSR count). The number of ether oxygens (including phenoxy) is 3. The minimum atomic E-state index is -0.488. The first-order valence-corrected chi connectivity index (χ1v) is 10.7. The summed E-state index contributed by atoms with van der Waals surface area (Å²) in [6.07, 6.45) is 0. The molecule has 0 unspecified atom stereocenters. The predicted molar refractivity (Wildman–Crippen MR) is 114 cm³/mol. The number of thiazole rings is 1. The smallest absolute Gasteiger partial charge is 0.326 e. The summed E-state index contributed by atoms with van der Waals surface area (Å²) in [5.41, 5.74) is 0.861. The Labute approximate surface area is 185 Å². The Bertz CT molecular complexity index is 1220. The number of nitrogens with zero attached hydrogens (tertiary/aromatic N) is 2. The highest BCUT2D eigenvalue weighted by atomic mass is 35.5. The highest BCUT2D eigenvalue weighted by Gasteiger charge is 2.18. The first-order valence-electron chi connectivity index (χ1n) is 9.09. The van der Waals surface area contributed by atoms with Crippen LogP contribution >= 0.6 is 34.5 Å². The molecule has 156 valence electrons. The second-order valence-electron chi connectivity index (χ2n) is 6.26. The fraction of sp³-hybridized carbons (Fsp3) is 0.250. The van der Waals surface area contributed by atoms with Crippen LogP contribution in [0.5, 0.6) is 11.5 Å². The summed E-state index contributed by atoms with van der Waals surface area (Å²) in [7, 11) is 0. The van der Waals surface area contributed by atoms with Gasteiger partial charge in [0, 0.05) is 5.56 Å². The normalized spacial score (nSPS) is 13.5. The highest BCUT2D eigenvalue weighted by Crippen LogP contribution is 2.33. The largest absolute Gasteiger partial charge is 0.486 e. The van der Waals surface area contributed by atoms with Crippen molar-refractivity contribution in [1.82, 2.24) is 4.57 Å². The van der Waals surface area contributed by atoms with Crippen molar-refractivity contribution in [3.63, 3.8) is 0 Å². The van der Waals surface area contributed by atoms with E-state index in [4.69, 9.17) is 37.4 Å². The number of amides is 1. The van der Waals surface area contributed by atoms with Gasteiger partial charge < -0.3 is 18.8 Å². The lowest BCUT2D eigenvalue weighted by Gasteiger charge is -2.18. The van der Waals surface area contributed by atoms with Crippen LogP contribution in [-0.2, 0) is 16.1 Å². The summed E-state index contributed by atoms with van der Waals surface area (Å²) in [4.78, 5) is 29.5. The van der Waals surface area contributed by atoms with Gasteiger partial charge in [-0.1, -0.05) is 34.5 Å². The lowest BCUT2D eigenvalue weighted by atomic mass is 10.2. The number of hydrogen-bond donors (Lipinski definition) is 0. The lowest BCUT2D eigenvalue weighted by Crippen LogP contribution is -2.23. The fourth-order valence-electron chi connectivity index (χ4n) is 3.00. The standard InChI is InChI=1S/C20H16Cl2N2O5S/c1-2-27-16(25)10-24-18-15(6-4-12(21)17(18)22)30-20(24)23-19(26)11-3-5-13-14(9-11)29-8-7-28-13/h3-6,9H,2,7-8,10H2,1H3. The maximum absolute atomic E-state index is 12.8. The number of hydrogen-bond acceptors (Lipinski definition) is 6. The number of aromatic nitrogens is 1. The van der Waals surface area contributed by atoms with Crippen LogP contribution in [0.4, 0.5) is 0 Å². The molecule has 1 aromatic heterocycles. The molecule has 0 spiro atoms. The molecule has 0 aliphatic carbocycles. The van der Waals surface area contributed by atoms with Gasteiger partial charge in [-0.3, -0.25) is 9.59 Å². The van der Waals surface area contributed by atoms with E-state index in [0.717, 1.165) is 4.70 Å². The molecule has 30 heavy (non-hydrogen) atoms. The van der Waals surface area contributed by atoms with Gasteiger partial charge in [-0.15, -0.1) is 0 Å². The molecule has 0 saturated carbocycles. The molecule has 0 atom stereocenters. The molecule has 0 N–H and O–H groups in total. The van der Waals surface area contributed by atoms with Crippen LogP contribution in [0, 0.1) is 0 Å². The molecule has 1 aliphatic heterocycles. The van der Waals surface area contributed by atoms with Crippen molar-refractivity contribution in [2.45, 2.75) is 13.5 Å². The minimum Gasteiger partial charge on any atom is -0.486 e. The quantitative estimate of drug-likeness (QED) is 0.541. The van der Waals surface area contributed by atoms with Crippen LogP contribution in [-0.4, -0.2) is 36.3 Å². The third-order valence-corrected chi connectivity index (χ3v) is 6.15. The third kappa shape index (κ3) is 4.03. The molecule has 2 aromatic carbocycles. The third-order valence-electron chi connectivity index (χ3n) is 4.31. The van der Waals surface area contributed by atoms with Crippen LogP contribution in [0.2, 0.25) is 10.0 Å². The van der Waals surface area contributed by atoms with Crippen molar-refractivity contribution >= 4 is 56.6 Å². The number of benzene rings is 2. The van der Waals surface area contributed by atoms with Gasteiger partial charge in [0.25, 0.3) is 5.91 Å². The molecule has 10 heteroatoms. The van der Waals surface area contributed by atoms with E-state index in [1.54, 1.807) is 41.8 Å². The lowest BCUT2D eigenvalue weighted by molar-refractivity contribution is -0.143. The molecule has 0 bridgehead atoms. The van der Waals surface area contributed by atoms with Crippen molar-refractivity contribution in [2.75, 3.05) is 19.8 Å². The summed E-state index contributed by atoms with van der Waals surface area (Å²) in [5, 5.41) is 0.618. The summed E-state index contributed by atoms with van der Waals surface area (Å²) in [6, 6.07) is 8.30. The van der Waals surface area contributed by atoms with Crippen LogP contribution < -0.4 is 14.3 Å². The van der Waals surface area contributed by atoms with E-state index >= 15 is 0 Å². The number of halogens is 2. The van der Waals surface area contributed by atoms with Crippen LogP contribution in [0.25, 0.3) is 10.2 Å². The Balaban J connectivity index is 1.80. The van der Waals surface area contributed by atoms with Gasteiger partial charge in [0.1, 0.15) is 19.8 Å². The van der Waals surface area contributed by atoms with E-state index in [1.165, 1.54) is 11.3 Å². The number of fused-ring (bicyclic) bond motifs is 2. The Hall–Kier alpha value is -2.55. The number of carbonyl (C=O) groups excluding carboxylic acids is 2. The van der Waals surface area contributed by atoms with Crippen molar-refractivity contribution in [1.29, 1.82) is 0 Å². The van der Waals surface area contributed by atoms with Crippen molar-refractivity contribution in [3.8, 4) is 11.5 Å². The second kappa shape index (κ2) is 8.67. The van der Waals surface area contributed by atoms with Gasteiger partial charge in [0.15, 0.2) is 16.3 Å². The average molecular weight is 467 g/mol. The Morgan fingerprint density at radius 2 is 1.93 bits per heavy atom. The van der Waals surface area contributed by atoms with Gasteiger partial charge in [-0.2, -0.15) is 4.99 Å². The highest BCUT2D eigenvalue weighted by molar-refractivity contribution is 7.16. The van der Waals surface area contributed by atoms with Gasteiger partial charge in [0.2, 0.25) is 0 Å². The van der Waals surface area contributed by atoms with Gasteiger partial charge in [-0.25, -0.2) is 0 Å². The van der Waals surface area contributed by atoms with E-state index in [2.05, 4.69) is 4.99 Å². The second-order valence-corrected chi connectivity index (χ2v) is 8.05. The van der Waals surface area contributed by atoms with E-state index in [1.807, 2.05) is 0 Å². The average Bonchev–Trinajstić information content (AvgIpc) is 3.08. The van der Waals surface area contributed by atoms with Crippen LogP contribution in [0.15, 0.2) is 35.3 Å². The molecular weight excluding hydrogens is 451 g/mol. The van der Waals surface area contributed by atoms with Crippen molar-refractivity contribution in [3.05, 3.63) is 50.7 Å². The molecule has 0 fully saturated rings. The summed E-state index contributed by atoms with van der Waals surface area (Å²) >= 11 is 13.8. The van der Waals surface area contributed by atoms with Gasteiger partial charge in [0.05, 0.1) is 26.9 Å². The SMILES string of the molecule is CCOC(=O)Cn1c(=NC(=O)c2ccc3c(c2)OCCO3)sc2ccc(Cl)c(Cl)c21. The number of carbonyl (C=O) groups is 2. The zero-order valence-electron chi connectivity index (χ0n) is 15.8. The zero-order chi connectivity index (χ0) is 21.3. The van der Waals surface area contributed by atoms with Crippen LogP contribution in [0.3, 0.4) is 0 Å². The zero-order valence-corrected chi connectivity index (χ0v) is 18.1. The predicted octanol–water partition coefficient (Wildman–Crippen LogP) is 4.09. The van der Waals surface area contributed by atoms with Gasteiger partial charge in [-0.05, 0) is 37.3 Å². The number of rotatable bonds is 4. The Morgan fingerprint density at radius 3 is 2.70 bits per heavy atom. The summed E-state index contributed by atoms with van der Waals surface area (Å²) in [6.45, 7) is 2.68. The van der Waals surface area contributed by atoms with Gasteiger partial charge >= 0.3 is 5.97 Å². The van der Waals surface area contributed by atoms with Crippen molar-refractivity contribution in [2.24, 2.45) is 4.99 Å². The molecule has 0 radical (unpaired) electrons. The molecule has 0 saturated heterocycles. The maximum atomic E-state index is 12.8. The fourth-order valence-corrected chi connectivity index (χ4v) is 4.51. The van der Waals surface area contributed by atoms with E-state index in [-0.39, 0.29) is 18.2 Å². The molecule has 3 aromatic rings. The minimum absolute atomic E-state index is 0.152. The summed E-state index contributed by atoms with van der Waals surface area (Å²) < 4.78 is 18.3. The molecule has 2 heterocycles. The van der Waals surface area contributed by atoms with Crippen LogP contribution in [0.1, 0.15) is 17.3 Å². The first-order chi connectivity index (χ1) is 14.5. The maximum Gasteiger partial charge on any atom is 0.326 e. The monoisotopic (exact) mass is 466 g/mol.